The van der Waals surface area contributed by atoms with Crippen LogP contribution >= 0.6 is 22.9 Å². The number of thiophene rings is 1. The normalized spacial score (nSPS) is 16.5. The molecule has 3 amide bonds. The number of quaternary nitrogens is 1. The molecular weight excluding hydrogens is 374 g/mol. The van der Waals surface area contributed by atoms with Crippen LogP contribution in [0.1, 0.15) is 21.2 Å². The smallest absolute Gasteiger partial charge is 0.314 e. The summed E-state index contributed by atoms with van der Waals surface area (Å²) in [6, 6.07) is 7.66. The molecule has 2 aromatic rings. The van der Waals surface area contributed by atoms with E-state index in [1.54, 1.807) is 35.7 Å². The van der Waals surface area contributed by atoms with Crippen molar-refractivity contribution in [3.05, 3.63) is 51.2 Å². The molecule has 1 aromatic heterocycles. The van der Waals surface area contributed by atoms with E-state index >= 15 is 0 Å². The van der Waals surface area contributed by atoms with Gasteiger partial charge in [0.2, 0.25) is 0 Å². The Morgan fingerprint density at radius 3 is 2.62 bits per heavy atom. The van der Waals surface area contributed by atoms with Crippen molar-refractivity contribution in [1.82, 2.24) is 5.32 Å². The molecule has 0 saturated heterocycles. The predicted molar refractivity (Wildman–Crippen MR) is 102 cm³/mol. The maximum absolute atomic E-state index is 13.0. The minimum absolute atomic E-state index is 0.324. The number of ketones is 1. The summed E-state index contributed by atoms with van der Waals surface area (Å²) >= 11 is 7.34. The first-order valence-electron chi connectivity index (χ1n) is 7.98. The van der Waals surface area contributed by atoms with E-state index in [2.05, 4.69) is 5.32 Å². The lowest BCUT2D eigenvalue weighted by Gasteiger charge is -2.25. The Labute approximate surface area is 160 Å². The van der Waals surface area contributed by atoms with E-state index in [-0.39, 0.29) is 5.78 Å². The van der Waals surface area contributed by atoms with Crippen LogP contribution in [0.2, 0.25) is 5.02 Å². The average Bonchev–Trinajstić information content (AvgIpc) is 3.17. The van der Waals surface area contributed by atoms with Gasteiger partial charge >= 0.3 is 6.03 Å². The number of urea groups is 1. The third-order valence-corrected chi connectivity index (χ3v) is 5.06. The molecule has 1 N–H and O–H groups in total. The molecule has 136 valence electrons. The van der Waals surface area contributed by atoms with Gasteiger partial charge < -0.3 is 4.48 Å². The Bertz CT molecular complexity index is 874. The molecule has 1 aliphatic heterocycles. The largest absolute Gasteiger partial charge is 0.333 e. The molecule has 0 fully saturated rings. The first-order valence-corrected chi connectivity index (χ1v) is 9.24. The Morgan fingerprint density at radius 1 is 1.27 bits per heavy atom. The molecule has 0 spiro atoms. The van der Waals surface area contributed by atoms with E-state index in [0.29, 0.717) is 32.3 Å². The lowest BCUT2D eigenvalue weighted by atomic mass is 9.95. The van der Waals surface area contributed by atoms with Gasteiger partial charge in [0.15, 0.2) is 12.5 Å². The highest BCUT2D eigenvalue weighted by Crippen LogP contribution is 2.41. The van der Waals surface area contributed by atoms with Gasteiger partial charge in [-0.2, -0.15) is 0 Å². The molecule has 3 rings (SSSR count). The summed E-state index contributed by atoms with van der Waals surface area (Å²) in [7, 11) is 5.76. The van der Waals surface area contributed by atoms with Gasteiger partial charge in [0, 0.05) is 5.02 Å². The predicted octanol–water partition coefficient (Wildman–Crippen LogP) is 3.09. The van der Waals surface area contributed by atoms with Crippen LogP contribution in [-0.4, -0.2) is 50.0 Å². The van der Waals surface area contributed by atoms with Crippen molar-refractivity contribution in [1.29, 1.82) is 0 Å². The van der Waals surface area contributed by atoms with Gasteiger partial charge in [-0.3, -0.25) is 14.9 Å². The molecule has 1 aromatic carbocycles. The van der Waals surface area contributed by atoms with E-state index in [0.717, 1.165) is 4.90 Å². The maximum Gasteiger partial charge on any atom is 0.333 e. The summed E-state index contributed by atoms with van der Waals surface area (Å²) in [5.41, 5.74) is 0.856. The summed E-state index contributed by atoms with van der Waals surface area (Å²) < 4.78 is 0.499. The van der Waals surface area contributed by atoms with Crippen molar-refractivity contribution in [2.75, 3.05) is 32.7 Å². The molecule has 2 heterocycles. The fourth-order valence-corrected chi connectivity index (χ4v) is 3.62. The zero-order chi connectivity index (χ0) is 19.1. The number of hydrogen-bond acceptors (Lipinski definition) is 4. The van der Waals surface area contributed by atoms with Gasteiger partial charge in [-0.15, -0.1) is 11.3 Å². The molecule has 6 nitrogen and oxygen atoms in total. The van der Waals surface area contributed by atoms with E-state index in [1.807, 2.05) is 21.1 Å². The first-order chi connectivity index (χ1) is 12.2. The van der Waals surface area contributed by atoms with Crippen molar-refractivity contribution in [2.45, 2.75) is 5.92 Å². The SMILES string of the molecule is C[N+](C)(C)CNC(=O)N1C(=O)C(C(=O)c2cccs2)c2cc(Cl)ccc21. The van der Waals surface area contributed by atoms with Crippen LogP contribution in [0.25, 0.3) is 0 Å². The average molecular weight is 393 g/mol. The molecular formula is C18H19ClN3O3S+. The molecule has 0 saturated carbocycles. The second kappa shape index (κ2) is 6.83. The molecule has 0 radical (unpaired) electrons. The van der Waals surface area contributed by atoms with Crippen molar-refractivity contribution in [3.63, 3.8) is 0 Å². The number of carbonyl (C=O) groups is 3. The fourth-order valence-electron chi connectivity index (χ4n) is 2.75. The second-order valence-electron chi connectivity index (χ2n) is 7.08. The fraction of sp³-hybridized carbons (Fsp3) is 0.278. The number of hydrogen-bond donors (Lipinski definition) is 1. The number of anilines is 1. The topological polar surface area (TPSA) is 66.5 Å². The molecule has 0 bridgehead atoms. The van der Waals surface area contributed by atoms with Crippen molar-refractivity contribution < 1.29 is 18.9 Å². The van der Waals surface area contributed by atoms with Crippen LogP contribution in [0.5, 0.6) is 0 Å². The van der Waals surface area contributed by atoms with E-state index in [9.17, 15) is 14.4 Å². The van der Waals surface area contributed by atoms with Gasteiger partial charge in [0.25, 0.3) is 5.91 Å². The molecule has 1 atom stereocenters. The summed E-state index contributed by atoms with van der Waals surface area (Å²) in [6.07, 6.45) is 0. The molecule has 8 heteroatoms. The Kier molecular flexibility index (Phi) is 4.88. The second-order valence-corrected chi connectivity index (χ2v) is 8.47. The Balaban J connectivity index is 1.97. The third-order valence-electron chi connectivity index (χ3n) is 3.94. The highest BCUT2D eigenvalue weighted by Gasteiger charge is 2.45. The highest BCUT2D eigenvalue weighted by molar-refractivity contribution is 7.12. The first kappa shape index (κ1) is 18.6. The van der Waals surface area contributed by atoms with E-state index < -0.39 is 17.9 Å². The summed E-state index contributed by atoms with van der Waals surface area (Å²) in [6.45, 7) is 0.342. The van der Waals surface area contributed by atoms with Crippen molar-refractivity contribution in [3.8, 4) is 0 Å². The number of carbonyl (C=O) groups excluding carboxylic acids is 3. The number of benzene rings is 1. The standard InChI is InChI=1S/C18H18ClN3O3S/c1-22(2,3)10-20-18(25)21-13-7-6-11(19)9-12(13)15(17(21)24)16(23)14-5-4-8-26-14/h4-9,15H,10H2,1-3H3/p+1. The van der Waals surface area contributed by atoms with Crippen LogP contribution in [0.15, 0.2) is 35.7 Å². The lowest BCUT2D eigenvalue weighted by Crippen LogP contribution is -2.50. The van der Waals surface area contributed by atoms with Crippen LogP contribution < -0.4 is 10.2 Å². The lowest BCUT2D eigenvalue weighted by molar-refractivity contribution is -0.872. The Hall–Kier alpha value is -2.22. The number of imide groups is 1. The number of fused-ring (bicyclic) bond motifs is 1. The highest BCUT2D eigenvalue weighted by atomic mass is 35.5. The monoisotopic (exact) mass is 392 g/mol. The molecule has 26 heavy (non-hydrogen) atoms. The van der Waals surface area contributed by atoms with Crippen LogP contribution in [0.4, 0.5) is 10.5 Å². The van der Waals surface area contributed by atoms with Crippen LogP contribution in [-0.2, 0) is 4.79 Å². The number of nitrogens with one attached hydrogen (secondary N) is 1. The molecule has 1 aliphatic rings. The van der Waals surface area contributed by atoms with Gasteiger partial charge in [-0.25, -0.2) is 9.69 Å². The van der Waals surface area contributed by atoms with Crippen molar-refractivity contribution in [2.24, 2.45) is 0 Å². The van der Waals surface area contributed by atoms with E-state index in [1.165, 1.54) is 11.3 Å². The number of halogens is 1. The van der Waals surface area contributed by atoms with Crippen LogP contribution in [0, 0.1) is 0 Å². The van der Waals surface area contributed by atoms with Gasteiger partial charge in [-0.1, -0.05) is 17.7 Å². The number of amides is 3. The number of rotatable bonds is 4. The van der Waals surface area contributed by atoms with Crippen LogP contribution in [0.3, 0.4) is 0 Å². The van der Waals surface area contributed by atoms with Gasteiger partial charge in [-0.05, 0) is 35.2 Å². The minimum Gasteiger partial charge on any atom is -0.314 e. The zero-order valence-electron chi connectivity index (χ0n) is 14.7. The van der Waals surface area contributed by atoms with Gasteiger partial charge in [0.05, 0.1) is 31.7 Å². The quantitative estimate of drug-likeness (QED) is 0.376. The molecule has 0 aliphatic carbocycles. The molecule has 1 unspecified atom stereocenters. The summed E-state index contributed by atoms with van der Waals surface area (Å²) in [5.74, 6) is -1.94. The minimum atomic E-state index is -1.06. The Morgan fingerprint density at radius 2 is 2.00 bits per heavy atom. The van der Waals surface area contributed by atoms with Crippen molar-refractivity contribution >= 4 is 46.3 Å². The summed E-state index contributed by atoms with van der Waals surface area (Å²) in [4.78, 5) is 40.0. The van der Waals surface area contributed by atoms with E-state index in [4.69, 9.17) is 11.6 Å². The number of Topliss-reactive ketones (excluding diaryl/α,β-unsaturated/α-hetero) is 1. The van der Waals surface area contributed by atoms with Gasteiger partial charge in [0.1, 0.15) is 5.92 Å². The maximum atomic E-state index is 13.0. The third kappa shape index (κ3) is 3.51. The zero-order valence-corrected chi connectivity index (χ0v) is 16.2. The number of nitrogens with zero attached hydrogens (tertiary/aromatic N) is 2. The summed E-state index contributed by atoms with van der Waals surface area (Å²) in [5, 5.41) is 4.93.